The molecule has 0 aromatic heterocycles. The molecule has 6 heteroatoms. The van der Waals surface area contributed by atoms with E-state index < -0.39 is 29.3 Å². The Balaban J connectivity index is 2.71. The monoisotopic (exact) mass is 215 g/mol. The lowest BCUT2D eigenvalue weighted by atomic mass is 10.1. The third-order valence-corrected chi connectivity index (χ3v) is 1.81. The lowest BCUT2D eigenvalue weighted by Gasteiger charge is -2.20. The fraction of sp³-hybridized carbons (Fsp3) is 0.667. The second-order valence-electron chi connectivity index (χ2n) is 4.33. The lowest BCUT2D eigenvalue weighted by Crippen LogP contribution is -2.33. The maximum absolute atomic E-state index is 11.4. The summed E-state index contributed by atoms with van der Waals surface area (Å²) in [5.41, 5.74) is -0.719. The average molecular weight is 215 g/mol. The van der Waals surface area contributed by atoms with Gasteiger partial charge in [-0.15, -0.1) is 0 Å². The van der Waals surface area contributed by atoms with Crippen molar-refractivity contribution in [3.05, 3.63) is 0 Å². The standard InChI is InChI=1S/C9H13NO5/c1-9(2,3)15-8(13)5-4-6(11)10(14)7(5)12/h5,14H,4H2,1-3H3. The molecule has 1 aliphatic rings. The van der Waals surface area contributed by atoms with E-state index in [-0.39, 0.29) is 11.5 Å². The summed E-state index contributed by atoms with van der Waals surface area (Å²) in [6.45, 7) is 4.97. The van der Waals surface area contributed by atoms with Crippen molar-refractivity contribution in [3.63, 3.8) is 0 Å². The van der Waals surface area contributed by atoms with Gasteiger partial charge in [0.1, 0.15) is 11.5 Å². The van der Waals surface area contributed by atoms with Crippen LogP contribution in [0.15, 0.2) is 0 Å². The van der Waals surface area contributed by atoms with Gasteiger partial charge in [-0.2, -0.15) is 5.06 Å². The van der Waals surface area contributed by atoms with E-state index in [1.807, 2.05) is 0 Å². The number of carbonyl (C=O) groups excluding carboxylic acids is 3. The second-order valence-corrected chi connectivity index (χ2v) is 4.33. The first-order valence-corrected chi connectivity index (χ1v) is 4.51. The molecule has 0 radical (unpaired) electrons. The van der Waals surface area contributed by atoms with Crippen molar-refractivity contribution < 1.29 is 24.3 Å². The van der Waals surface area contributed by atoms with Gasteiger partial charge in [0.15, 0.2) is 0 Å². The van der Waals surface area contributed by atoms with Crippen LogP contribution in [0.4, 0.5) is 0 Å². The Hall–Kier alpha value is -1.43. The maximum Gasteiger partial charge on any atom is 0.319 e. The minimum Gasteiger partial charge on any atom is -0.459 e. The van der Waals surface area contributed by atoms with Crippen LogP contribution in [0.5, 0.6) is 0 Å². The van der Waals surface area contributed by atoms with Gasteiger partial charge in [-0.25, -0.2) is 0 Å². The van der Waals surface area contributed by atoms with Crippen molar-refractivity contribution in [3.8, 4) is 0 Å². The first-order valence-electron chi connectivity index (χ1n) is 4.51. The van der Waals surface area contributed by atoms with E-state index in [0.717, 1.165) is 0 Å². The van der Waals surface area contributed by atoms with Crippen LogP contribution in [-0.2, 0) is 19.1 Å². The molecule has 15 heavy (non-hydrogen) atoms. The van der Waals surface area contributed by atoms with Gasteiger partial charge in [-0.1, -0.05) is 0 Å². The molecule has 1 fully saturated rings. The Morgan fingerprint density at radius 1 is 1.47 bits per heavy atom. The number of imide groups is 1. The fourth-order valence-electron chi connectivity index (χ4n) is 1.18. The average Bonchev–Trinajstić information content (AvgIpc) is 2.30. The number of amides is 2. The number of esters is 1. The summed E-state index contributed by atoms with van der Waals surface area (Å²) >= 11 is 0. The molecule has 0 aromatic rings. The van der Waals surface area contributed by atoms with Crippen LogP contribution in [0, 0.1) is 5.92 Å². The summed E-state index contributed by atoms with van der Waals surface area (Å²) in [5, 5.41) is 8.88. The highest BCUT2D eigenvalue weighted by molar-refractivity contribution is 6.11. The summed E-state index contributed by atoms with van der Waals surface area (Å²) in [4.78, 5) is 33.5. The first-order chi connectivity index (χ1) is 6.72. The molecule has 1 saturated heterocycles. The minimum atomic E-state index is -1.21. The second kappa shape index (κ2) is 3.62. The quantitative estimate of drug-likeness (QED) is 0.290. The Kier molecular flexibility index (Phi) is 2.81. The van der Waals surface area contributed by atoms with E-state index in [9.17, 15) is 14.4 Å². The van der Waals surface area contributed by atoms with Crippen molar-refractivity contribution >= 4 is 17.8 Å². The molecule has 6 nitrogen and oxygen atoms in total. The van der Waals surface area contributed by atoms with E-state index in [0.29, 0.717) is 0 Å². The fourth-order valence-corrected chi connectivity index (χ4v) is 1.18. The number of hydrogen-bond acceptors (Lipinski definition) is 5. The first kappa shape index (κ1) is 11.6. The van der Waals surface area contributed by atoms with Crippen LogP contribution < -0.4 is 0 Å². The number of nitrogens with zero attached hydrogens (tertiary/aromatic N) is 1. The van der Waals surface area contributed by atoms with E-state index >= 15 is 0 Å². The zero-order valence-electron chi connectivity index (χ0n) is 8.81. The zero-order valence-corrected chi connectivity index (χ0v) is 8.81. The van der Waals surface area contributed by atoms with Crippen LogP contribution in [0.25, 0.3) is 0 Å². The molecule has 1 rings (SSSR count). The Labute approximate surface area is 86.8 Å². The molecular weight excluding hydrogens is 202 g/mol. The number of hydrogen-bond donors (Lipinski definition) is 1. The van der Waals surface area contributed by atoms with Gasteiger partial charge in [-0.05, 0) is 20.8 Å². The minimum absolute atomic E-state index is 0.0331. The molecule has 1 atom stereocenters. The molecule has 0 aromatic carbocycles. The summed E-state index contributed by atoms with van der Waals surface area (Å²) in [6, 6.07) is 0. The Morgan fingerprint density at radius 3 is 2.33 bits per heavy atom. The molecule has 0 saturated carbocycles. The summed E-state index contributed by atoms with van der Waals surface area (Å²) in [5.74, 6) is -3.69. The van der Waals surface area contributed by atoms with E-state index in [2.05, 4.69) is 0 Å². The topological polar surface area (TPSA) is 83.9 Å². The smallest absolute Gasteiger partial charge is 0.319 e. The SMILES string of the molecule is CC(C)(C)OC(=O)C1CC(=O)N(O)C1=O. The van der Waals surface area contributed by atoms with Gasteiger partial charge < -0.3 is 4.74 Å². The Morgan fingerprint density at radius 2 is 2.00 bits per heavy atom. The van der Waals surface area contributed by atoms with Gasteiger partial charge in [0.25, 0.3) is 11.8 Å². The van der Waals surface area contributed by atoms with Crippen LogP contribution in [-0.4, -0.2) is 33.7 Å². The molecule has 1 unspecified atom stereocenters. The van der Waals surface area contributed by atoms with Crippen molar-refractivity contribution in [2.75, 3.05) is 0 Å². The van der Waals surface area contributed by atoms with E-state index in [4.69, 9.17) is 9.94 Å². The van der Waals surface area contributed by atoms with Gasteiger partial charge >= 0.3 is 5.97 Å². The molecule has 1 aliphatic heterocycles. The Bertz CT molecular complexity index is 317. The maximum atomic E-state index is 11.4. The van der Waals surface area contributed by atoms with Crippen molar-refractivity contribution in [1.82, 2.24) is 5.06 Å². The number of rotatable bonds is 1. The van der Waals surface area contributed by atoms with Gasteiger partial charge in [0.2, 0.25) is 0 Å². The number of hydroxylamine groups is 2. The van der Waals surface area contributed by atoms with Crippen molar-refractivity contribution in [2.24, 2.45) is 5.92 Å². The normalized spacial score (nSPS) is 22.1. The van der Waals surface area contributed by atoms with Crippen LogP contribution >= 0.6 is 0 Å². The lowest BCUT2D eigenvalue weighted by molar-refractivity contribution is -0.175. The van der Waals surface area contributed by atoms with Gasteiger partial charge in [0, 0.05) is 0 Å². The highest BCUT2D eigenvalue weighted by atomic mass is 16.6. The molecular formula is C9H13NO5. The van der Waals surface area contributed by atoms with Gasteiger partial charge in [-0.3, -0.25) is 19.6 Å². The third kappa shape index (κ3) is 2.53. The molecule has 0 spiro atoms. The highest BCUT2D eigenvalue weighted by Crippen LogP contribution is 2.21. The van der Waals surface area contributed by atoms with Crippen LogP contribution in [0.3, 0.4) is 0 Å². The van der Waals surface area contributed by atoms with E-state index in [1.54, 1.807) is 20.8 Å². The predicted octanol–water partition coefficient (Wildman–Crippen LogP) is 0.0924. The molecule has 0 aliphatic carbocycles. The van der Waals surface area contributed by atoms with Crippen molar-refractivity contribution in [1.29, 1.82) is 0 Å². The zero-order chi connectivity index (χ0) is 11.8. The number of carbonyl (C=O) groups is 3. The third-order valence-electron chi connectivity index (χ3n) is 1.81. The number of ether oxygens (including phenoxy) is 1. The predicted molar refractivity (Wildman–Crippen MR) is 47.6 cm³/mol. The molecule has 1 N–H and O–H groups in total. The summed E-state index contributed by atoms with van der Waals surface area (Å²) in [6.07, 6.45) is -0.329. The van der Waals surface area contributed by atoms with E-state index in [1.165, 1.54) is 0 Å². The van der Waals surface area contributed by atoms with Crippen LogP contribution in [0.1, 0.15) is 27.2 Å². The highest BCUT2D eigenvalue weighted by Gasteiger charge is 2.44. The summed E-state index contributed by atoms with van der Waals surface area (Å²) < 4.78 is 4.94. The molecule has 0 bridgehead atoms. The largest absolute Gasteiger partial charge is 0.459 e. The van der Waals surface area contributed by atoms with Crippen molar-refractivity contribution in [2.45, 2.75) is 32.8 Å². The molecule has 84 valence electrons. The molecule has 1 heterocycles. The molecule has 2 amide bonds. The van der Waals surface area contributed by atoms with Gasteiger partial charge in [0.05, 0.1) is 6.42 Å². The summed E-state index contributed by atoms with van der Waals surface area (Å²) in [7, 11) is 0. The van der Waals surface area contributed by atoms with Crippen LogP contribution in [0.2, 0.25) is 0 Å².